The van der Waals surface area contributed by atoms with Gasteiger partial charge in [-0.1, -0.05) is 6.92 Å². The van der Waals surface area contributed by atoms with Crippen LogP contribution in [0.25, 0.3) is 0 Å². The molecule has 1 aromatic heterocycles. The van der Waals surface area contributed by atoms with E-state index in [1.807, 2.05) is 11.3 Å². The number of rotatable bonds is 4. The van der Waals surface area contributed by atoms with E-state index in [0.717, 1.165) is 45.2 Å². The van der Waals surface area contributed by atoms with Crippen molar-refractivity contribution in [3.63, 3.8) is 0 Å². The molecule has 3 rings (SSSR count). The molecular weight excluding hydrogens is 310 g/mol. The molecule has 2 aliphatic heterocycles. The number of hydrogen-bond acceptors (Lipinski definition) is 4. The molecule has 1 fully saturated rings. The van der Waals surface area contributed by atoms with Crippen LogP contribution in [0.15, 0.2) is 11.4 Å². The Labute approximate surface area is 141 Å². The highest BCUT2D eigenvalue weighted by atomic mass is 32.1. The summed E-state index contributed by atoms with van der Waals surface area (Å²) in [7, 11) is 0. The van der Waals surface area contributed by atoms with Crippen LogP contribution in [0.1, 0.15) is 49.1 Å². The Balaban J connectivity index is 1.60. The number of fused-ring (bicyclic) bond motifs is 1. The lowest BCUT2D eigenvalue weighted by molar-refractivity contribution is -0.129. The highest BCUT2D eigenvalue weighted by Gasteiger charge is 2.29. The van der Waals surface area contributed by atoms with Crippen molar-refractivity contribution < 1.29 is 9.59 Å². The first-order chi connectivity index (χ1) is 11.2. The van der Waals surface area contributed by atoms with Crippen LogP contribution in [0.5, 0.6) is 0 Å². The molecular formula is C17H25N3O2S. The molecule has 126 valence electrons. The van der Waals surface area contributed by atoms with Gasteiger partial charge in [-0.25, -0.2) is 0 Å². The van der Waals surface area contributed by atoms with Crippen molar-refractivity contribution in [1.29, 1.82) is 0 Å². The number of thiophene rings is 1. The summed E-state index contributed by atoms with van der Waals surface area (Å²) in [4.78, 5) is 28.1. The van der Waals surface area contributed by atoms with Gasteiger partial charge in [-0.05, 0) is 49.1 Å². The molecule has 0 spiro atoms. The molecule has 2 amide bonds. The minimum atomic E-state index is -0.369. The lowest BCUT2D eigenvalue weighted by Gasteiger charge is -2.35. The Morgan fingerprint density at radius 2 is 2.35 bits per heavy atom. The highest BCUT2D eigenvalue weighted by molar-refractivity contribution is 7.10. The smallest absolute Gasteiger partial charge is 0.242 e. The molecule has 0 radical (unpaired) electrons. The second-order valence-electron chi connectivity index (χ2n) is 6.35. The Bertz CT molecular complexity index is 572. The number of hydrogen-bond donors (Lipinski definition) is 2. The van der Waals surface area contributed by atoms with Crippen molar-refractivity contribution in [1.82, 2.24) is 15.5 Å². The molecule has 23 heavy (non-hydrogen) atoms. The van der Waals surface area contributed by atoms with E-state index >= 15 is 0 Å². The van der Waals surface area contributed by atoms with Gasteiger partial charge in [-0.2, -0.15) is 0 Å². The van der Waals surface area contributed by atoms with Gasteiger partial charge in [0.05, 0.1) is 6.54 Å². The van der Waals surface area contributed by atoms with Crippen LogP contribution in [-0.2, 0) is 16.0 Å². The zero-order valence-corrected chi connectivity index (χ0v) is 14.5. The van der Waals surface area contributed by atoms with Gasteiger partial charge < -0.3 is 10.6 Å². The van der Waals surface area contributed by atoms with Crippen LogP contribution in [0.3, 0.4) is 0 Å². The van der Waals surface area contributed by atoms with Crippen LogP contribution >= 0.6 is 11.3 Å². The van der Waals surface area contributed by atoms with Crippen molar-refractivity contribution in [2.24, 2.45) is 0 Å². The maximum absolute atomic E-state index is 12.4. The molecule has 6 heteroatoms. The number of carbonyl (C=O) groups excluding carboxylic acids is 2. The Morgan fingerprint density at radius 1 is 1.48 bits per heavy atom. The van der Waals surface area contributed by atoms with E-state index in [1.54, 1.807) is 0 Å². The van der Waals surface area contributed by atoms with E-state index < -0.39 is 0 Å². The summed E-state index contributed by atoms with van der Waals surface area (Å²) < 4.78 is 0. The van der Waals surface area contributed by atoms with Gasteiger partial charge in [0.2, 0.25) is 11.8 Å². The average molecular weight is 335 g/mol. The maximum atomic E-state index is 12.4. The number of nitrogens with one attached hydrogen (secondary N) is 2. The van der Waals surface area contributed by atoms with Crippen molar-refractivity contribution >= 4 is 23.2 Å². The van der Waals surface area contributed by atoms with E-state index in [4.69, 9.17) is 0 Å². The van der Waals surface area contributed by atoms with Crippen molar-refractivity contribution in [3.05, 3.63) is 21.9 Å². The standard InChI is InChI=1S/C17H25N3O2S/c1-2-14-12-7-10-23-15(12)6-9-20(14)11-16(21)19-13-5-3-4-8-18-17(13)22/h7,10,13-14H,2-6,8-9,11H2,1H3,(H,18,22)(H,19,21)/t13-,14-/m1/s1. The fraction of sp³-hybridized carbons (Fsp3) is 0.647. The fourth-order valence-corrected chi connectivity index (χ4v) is 4.55. The first-order valence-corrected chi connectivity index (χ1v) is 9.44. The summed E-state index contributed by atoms with van der Waals surface area (Å²) in [6.07, 6.45) is 4.72. The quantitative estimate of drug-likeness (QED) is 0.883. The molecule has 1 aromatic rings. The third kappa shape index (κ3) is 3.75. The summed E-state index contributed by atoms with van der Waals surface area (Å²) in [5, 5.41) is 7.94. The van der Waals surface area contributed by atoms with Crippen LogP contribution in [0.2, 0.25) is 0 Å². The maximum Gasteiger partial charge on any atom is 0.242 e. The summed E-state index contributed by atoms with van der Waals surface area (Å²) >= 11 is 1.82. The lowest BCUT2D eigenvalue weighted by atomic mass is 9.98. The summed E-state index contributed by atoms with van der Waals surface area (Å²) in [6, 6.07) is 2.14. The molecule has 1 saturated heterocycles. The predicted octanol–water partition coefficient (Wildman–Crippen LogP) is 1.84. The van der Waals surface area contributed by atoms with Gasteiger partial charge in [-0.3, -0.25) is 14.5 Å². The first kappa shape index (κ1) is 16.5. The summed E-state index contributed by atoms with van der Waals surface area (Å²) in [5.74, 6) is -0.0779. The largest absolute Gasteiger partial charge is 0.354 e. The second kappa shape index (κ2) is 7.45. The zero-order chi connectivity index (χ0) is 16.2. The number of amides is 2. The molecule has 0 unspecified atom stereocenters. The van der Waals surface area contributed by atoms with E-state index in [0.29, 0.717) is 12.6 Å². The van der Waals surface area contributed by atoms with Crippen LogP contribution in [0.4, 0.5) is 0 Å². The fourth-order valence-electron chi connectivity index (χ4n) is 3.62. The Kier molecular flexibility index (Phi) is 5.33. The Hall–Kier alpha value is -1.40. The van der Waals surface area contributed by atoms with E-state index in [9.17, 15) is 9.59 Å². The molecule has 0 aromatic carbocycles. The van der Waals surface area contributed by atoms with Crippen LogP contribution in [-0.4, -0.2) is 42.4 Å². The van der Waals surface area contributed by atoms with Gasteiger partial charge in [0.1, 0.15) is 6.04 Å². The third-order valence-electron chi connectivity index (χ3n) is 4.81. The Morgan fingerprint density at radius 3 is 3.17 bits per heavy atom. The molecule has 2 atom stereocenters. The average Bonchev–Trinajstić information content (AvgIpc) is 2.92. The van der Waals surface area contributed by atoms with Crippen LogP contribution < -0.4 is 10.6 Å². The van der Waals surface area contributed by atoms with E-state index in [-0.39, 0.29) is 17.9 Å². The van der Waals surface area contributed by atoms with Gasteiger partial charge in [0.25, 0.3) is 0 Å². The summed E-state index contributed by atoms with van der Waals surface area (Å²) in [5.41, 5.74) is 1.38. The predicted molar refractivity (Wildman–Crippen MR) is 91.4 cm³/mol. The molecule has 0 aliphatic carbocycles. The monoisotopic (exact) mass is 335 g/mol. The van der Waals surface area contributed by atoms with Gasteiger partial charge >= 0.3 is 0 Å². The van der Waals surface area contributed by atoms with Crippen molar-refractivity contribution in [2.75, 3.05) is 19.6 Å². The van der Waals surface area contributed by atoms with Crippen LogP contribution in [0, 0.1) is 0 Å². The lowest BCUT2D eigenvalue weighted by Crippen LogP contribution is -2.49. The first-order valence-electron chi connectivity index (χ1n) is 8.56. The van der Waals surface area contributed by atoms with E-state index in [1.165, 1.54) is 10.4 Å². The zero-order valence-electron chi connectivity index (χ0n) is 13.6. The van der Waals surface area contributed by atoms with Crippen molar-refractivity contribution in [2.45, 2.75) is 51.1 Å². The number of nitrogens with zero attached hydrogens (tertiary/aromatic N) is 1. The topological polar surface area (TPSA) is 61.4 Å². The van der Waals surface area contributed by atoms with Gasteiger partial charge in [-0.15, -0.1) is 11.3 Å². The second-order valence-corrected chi connectivity index (χ2v) is 7.35. The normalized spacial score (nSPS) is 25.3. The third-order valence-corrected chi connectivity index (χ3v) is 5.81. The van der Waals surface area contributed by atoms with Gasteiger partial charge in [0, 0.05) is 24.0 Å². The molecule has 0 saturated carbocycles. The number of carbonyl (C=O) groups is 2. The minimum Gasteiger partial charge on any atom is -0.354 e. The molecule has 2 N–H and O–H groups in total. The van der Waals surface area contributed by atoms with E-state index in [2.05, 4.69) is 33.9 Å². The van der Waals surface area contributed by atoms with Crippen molar-refractivity contribution in [3.8, 4) is 0 Å². The molecule has 2 aliphatic rings. The summed E-state index contributed by atoms with van der Waals surface area (Å²) in [6.45, 7) is 4.17. The molecule has 0 bridgehead atoms. The molecule has 5 nitrogen and oxygen atoms in total. The highest BCUT2D eigenvalue weighted by Crippen LogP contribution is 2.34. The van der Waals surface area contributed by atoms with Gasteiger partial charge in [0.15, 0.2) is 0 Å². The SMILES string of the molecule is CC[C@@H]1c2ccsc2CCN1CC(=O)N[C@@H]1CCCCNC1=O. The molecule has 3 heterocycles. The minimum absolute atomic E-state index is 0.0378.